The topological polar surface area (TPSA) is 138 Å². The van der Waals surface area contributed by atoms with E-state index in [2.05, 4.69) is 26.4 Å². The fourth-order valence-corrected chi connectivity index (χ4v) is 4.29. The van der Waals surface area contributed by atoms with Crippen molar-refractivity contribution in [3.05, 3.63) is 48.0 Å². The molecule has 2 aliphatic rings. The van der Waals surface area contributed by atoms with Gasteiger partial charge in [0.25, 0.3) is 0 Å². The van der Waals surface area contributed by atoms with E-state index in [9.17, 15) is 31.1 Å². The van der Waals surface area contributed by atoms with Crippen LogP contribution in [0.4, 0.5) is 26.3 Å². The number of nitrogens with zero attached hydrogens (tertiary/aromatic N) is 4. The molecule has 3 heterocycles. The average Bonchev–Trinajstić information content (AvgIpc) is 3.55. The Morgan fingerprint density at radius 1 is 0.950 bits per heavy atom. The summed E-state index contributed by atoms with van der Waals surface area (Å²) in [6.07, 6.45) is -0.656. The monoisotopic (exact) mass is 581 g/mol. The number of rotatable bonds is 6. The van der Waals surface area contributed by atoms with E-state index in [0.717, 1.165) is 31.2 Å². The minimum absolute atomic E-state index is 0.0600. The molecule has 2 aromatic rings. The number of nitrogens with one attached hydrogen (secondary N) is 1. The van der Waals surface area contributed by atoms with Crippen LogP contribution in [0, 0.1) is 5.92 Å². The van der Waals surface area contributed by atoms with Crippen molar-refractivity contribution in [2.75, 3.05) is 13.1 Å². The summed E-state index contributed by atoms with van der Waals surface area (Å²) in [7, 11) is 0. The maximum absolute atomic E-state index is 12.5. The number of carboxylic acid groups (broad SMARTS) is 2. The normalized spacial score (nSPS) is 17.5. The van der Waals surface area contributed by atoms with E-state index < -0.39 is 24.3 Å². The van der Waals surface area contributed by atoms with Crippen molar-refractivity contribution >= 4 is 17.8 Å². The lowest BCUT2D eigenvalue weighted by Crippen LogP contribution is -2.41. The van der Waals surface area contributed by atoms with Crippen molar-refractivity contribution in [2.24, 2.45) is 5.92 Å². The molecule has 1 aliphatic heterocycles. The minimum atomic E-state index is -5.08. The van der Waals surface area contributed by atoms with Crippen molar-refractivity contribution in [1.82, 2.24) is 25.0 Å². The molecule has 1 fully saturated rings. The number of pyridine rings is 1. The second-order valence-corrected chi connectivity index (χ2v) is 9.17. The molecule has 0 radical (unpaired) electrons. The molecule has 1 aliphatic carbocycles. The molecule has 16 heteroatoms. The highest BCUT2D eigenvalue weighted by molar-refractivity contribution is 5.76. The first-order chi connectivity index (χ1) is 18.7. The van der Waals surface area contributed by atoms with Crippen LogP contribution in [0.5, 0.6) is 0 Å². The van der Waals surface area contributed by atoms with E-state index >= 15 is 0 Å². The van der Waals surface area contributed by atoms with Gasteiger partial charge in [0.2, 0.25) is 5.91 Å². The Kier molecular flexibility index (Phi) is 11.9. The van der Waals surface area contributed by atoms with Gasteiger partial charge in [0.05, 0.1) is 30.4 Å². The van der Waals surface area contributed by atoms with Gasteiger partial charge >= 0.3 is 24.3 Å². The predicted molar refractivity (Wildman–Crippen MR) is 127 cm³/mol. The van der Waals surface area contributed by atoms with E-state index in [1.807, 2.05) is 29.1 Å². The largest absolute Gasteiger partial charge is 0.490 e. The fourth-order valence-electron chi connectivity index (χ4n) is 4.29. The van der Waals surface area contributed by atoms with Gasteiger partial charge in [-0.1, -0.05) is 18.9 Å². The highest BCUT2D eigenvalue weighted by Crippen LogP contribution is 2.29. The SMILES string of the molecule is O=C(CC1CN(CC2CCCC2)Cc2ccnn21)NCc1ccccn1.O=C(O)C(F)(F)F.O=C(O)C(F)(F)F. The van der Waals surface area contributed by atoms with Gasteiger partial charge in [-0.05, 0) is 37.0 Å². The van der Waals surface area contributed by atoms with Crippen LogP contribution in [0.15, 0.2) is 36.7 Å². The van der Waals surface area contributed by atoms with Crippen LogP contribution < -0.4 is 5.32 Å². The second kappa shape index (κ2) is 14.6. The van der Waals surface area contributed by atoms with Gasteiger partial charge in [-0.25, -0.2) is 9.59 Å². The standard InChI is InChI=1S/C20H27N5O.2C2HF3O2/c26-20(22-12-17-7-3-4-9-21-17)11-19-15-24(13-16-5-1-2-6-16)14-18-8-10-23-25(18)19;2*3-2(4,5)1(6)7/h3-4,7-10,16,19H,1-2,5-6,11-15H2,(H,22,26);2*(H,6,7). The molecule has 222 valence electrons. The number of carbonyl (C=O) groups is 3. The molecule has 10 nitrogen and oxygen atoms in total. The fraction of sp³-hybridized carbons (Fsp3) is 0.542. The van der Waals surface area contributed by atoms with Crippen LogP contribution >= 0.6 is 0 Å². The average molecular weight is 582 g/mol. The van der Waals surface area contributed by atoms with E-state index in [4.69, 9.17) is 19.8 Å². The Labute approximate surface area is 225 Å². The number of aromatic nitrogens is 3. The van der Waals surface area contributed by atoms with E-state index in [1.54, 1.807) is 6.20 Å². The zero-order chi connectivity index (χ0) is 29.9. The first kappa shape index (κ1) is 32.5. The van der Waals surface area contributed by atoms with Gasteiger partial charge in [-0.3, -0.25) is 19.4 Å². The highest BCUT2D eigenvalue weighted by Gasteiger charge is 2.39. The van der Waals surface area contributed by atoms with Crippen molar-refractivity contribution in [1.29, 1.82) is 0 Å². The maximum atomic E-state index is 12.5. The lowest BCUT2D eigenvalue weighted by Gasteiger charge is -2.35. The van der Waals surface area contributed by atoms with E-state index in [0.29, 0.717) is 13.0 Å². The number of alkyl halides is 6. The van der Waals surface area contributed by atoms with Crippen LogP contribution in [-0.2, 0) is 27.5 Å². The first-order valence-corrected chi connectivity index (χ1v) is 12.2. The summed E-state index contributed by atoms with van der Waals surface area (Å²) < 4.78 is 65.5. The quantitative estimate of drug-likeness (QED) is 0.438. The van der Waals surface area contributed by atoms with Gasteiger partial charge in [0, 0.05) is 32.0 Å². The van der Waals surface area contributed by atoms with Crippen molar-refractivity contribution in [2.45, 2.75) is 63.6 Å². The molecule has 1 amide bonds. The van der Waals surface area contributed by atoms with Crippen LogP contribution in [0.25, 0.3) is 0 Å². The van der Waals surface area contributed by atoms with Crippen molar-refractivity contribution < 1.29 is 50.9 Å². The lowest BCUT2D eigenvalue weighted by atomic mass is 10.0. The highest BCUT2D eigenvalue weighted by atomic mass is 19.4. The first-order valence-electron chi connectivity index (χ1n) is 12.2. The smallest absolute Gasteiger partial charge is 0.475 e. The zero-order valence-corrected chi connectivity index (χ0v) is 21.2. The summed E-state index contributed by atoms with van der Waals surface area (Å²) in [5.41, 5.74) is 2.10. The third kappa shape index (κ3) is 11.2. The van der Waals surface area contributed by atoms with Gasteiger partial charge in [-0.15, -0.1) is 0 Å². The van der Waals surface area contributed by atoms with Gasteiger partial charge in [0.1, 0.15) is 0 Å². The summed E-state index contributed by atoms with van der Waals surface area (Å²) in [5, 5.41) is 21.7. The number of carboxylic acids is 2. The Bertz CT molecular complexity index is 1080. The summed E-state index contributed by atoms with van der Waals surface area (Å²) >= 11 is 0. The maximum Gasteiger partial charge on any atom is 0.490 e. The molecular formula is C24H29F6N5O5. The number of hydrogen-bond acceptors (Lipinski definition) is 6. The number of aliphatic carboxylic acids is 2. The van der Waals surface area contributed by atoms with Crippen molar-refractivity contribution in [3.63, 3.8) is 0 Å². The molecule has 1 saturated carbocycles. The Morgan fingerprint density at radius 3 is 2.08 bits per heavy atom. The number of hydrogen-bond donors (Lipinski definition) is 3. The Balaban J connectivity index is 0.000000333. The molecular weight excluding hydrogens is 552 g/mol. The Hall–Kier alpha value is -3.69. The number of amides is 1. The van der Waals surface area contributed by atoms with E-state index in [1.165, 1.54) is 31.4 Å². The third-order valence-corrected chi connectivity index (χ3v) is 6.04. The van der Waals surface area contributed by atoms with Crippen LogP contribution in [0.3, 0.4) is 0 Å². The lowest BCUT2D eigenvalue weighted by molar-refractivity contribution is -0.193. The number of carbonyl (C=O) groups excluding carboxylic acids is 1. The molecule has 0 saturated heterocycles. The molecule has 4 rings (SSSR count). The van der Waals surface area contributed by atoms with Crippen LogP contribution in [-0.4, -0.2) is 73.2 Å². The van der Waals surface area contributed by atoms with Crippen LogP contribution in [0.2, 0.25) is 0 Å². The van der Waals surface area contributed by atoms with Gasteiger partial charge in [0.15, 0.2) is 0 Å². The zero-order valence-electron chi connectivity index (χ0n) is 21.2. The van der Waals surface area contributed by atoms with Gasteiger partial charge < -0.3 is 15.5 Å². The molecule has 2 aromatic heterocycles. The summed E-state index contributed by atoms with van der Waals surface area (Å²) in [5.74, 6) is -4.63. The van der Waals surface area contributed by atoms with Crippen LogP contribution in [0.1, 0.15) is 49.5 Å². The minimum Gasteiger partial charge on any atom is -0.475 e. The molecule has 0 aromatic carbocycles. The van der Waals surface area contributed by atoms with Gasteiger partial charge in [-0.2, -0.15) is 31.4 Å². The molecule has 0 spiro atoms. The summed E-state index contributed by atoms with van der Waals surface area (Å²) in [6, 6.07) is 7.94. The molecule has 1 unspecified atom stereocenters. The molecule has 0 bridgehead atoms. The van der Waals surface area contributed by atoms with E-state index in [-0.39, 0.29) is 11.9 Å². The Morgan fingerprint density at radius 2 is 1.55 bits per heavy atom. The number of halogens is 6. The molecule has 3 N–H and O–H groups in total. The summed E-state index contributed by atoms with van der Waals surface area (Å²) in [6.45, 7) is 3.48. The second-order valence-electron chi connectivity index (χ2n) is 9.17. The summed E-state index contributed by atoms with van der Waals surface area (Å²) in [4.78, 5) is 37.0. The molecule has 1 atom stereocenters. The third-order valence-electron chi connectivity index (χ3n) is 6.04. The van der Waals surface area contributed by atoms with Crippen molar-refractivity contribution in [3.8, 4) is 0 Å². The number of fused-ring (bicyclic) bond motifs is 1. The molecule has 40 heavy (non-hydrogen) atoms. The predicted octanol–water partition coefficient (Wildman–Crippen LogP) is 3.80.